The van der Waals surface area contributed by atoms with E-state index < -0.39 is 0 Å². The van der Waals surface area contributed by atoms with Crippen molar-refractivity contribution in [1.82, 2.24) is 9.97 Å². The minimum absolute atomic E-state index is 1.00. The Hall–Kier alpha value is -2.55. The fourth-order valence-electron chi connectivity index (χ4n) is 2.82. The molecule has 0 saturated heterocycles. The second kappa shape index (κ2) is 4.53. The summed E-state index contributed by atoms with van der Waals surface area (Å²) in [6, 6.07) is 16.8. The minimum atomic E-state index is 1.00. The first-order chi connectivity index (χ1) is 9.92. The third kappa shape index (κ3) is 1.79. The normalized spacial score (nSPS) is 13.5. The largest absolute Gasteiger partial charge is 0.361 e. The van der Waals surface area contributed by atoms with Gasteiger partial charge in [0.25, 0.3) is 0 Å². The van der Waals surface area contributed by atoms with Crippen molar-refractivity contribution < 1.29 is 0 Å². The first kappa shape index (κ1) is 11.3. The van der Waals surface area contributed by atoms with Gasteiger partial charge in [0.05, 0.1) is 0 Å². The quantitative estimate of drug-likeness (QED) is 0.761. The maximum Gasteiger partial charge on any atom is 0.133 e. The summed E-state index contributed by atoms with van der Waals surface area (Å²) in [5.74, 6) is 1.02. The van der Waals surface area contributed by atoms with Crippen molar-refractivity contribution in [3.8, 4) is 11.3 Å². The van der Waals surface area contributed by atoms with Gasteiger partial charge in [0.15, 0.2) is 0 Å². The Morgan fingerprint density at radius 2 is 2.00 bits per heavy atom. The van der Waals surface area contributed by atoms with Gasteiger partial charge in [0.1, 0.15) is 5.82 Å². The molecular weight excluding hydrogens is 246 g/mol. The van der Waals surface area contributed by atoms with Gasteiger partial charge in [0.2, 0.25) is 0 Å². The second-order valence-electron chi connectivity index (χ2n) is 5.02. The predicted molar refractivity (Wildman–Crippen MR) is 81.2 cm³/mol. The fourth-order valence-corrected chi connectivity index (χ4v) is 2.82. The van der Waals surface area contributed by atoms with Gasteiger partial charge in [-0.2, -0.15) is 0 Å². The molecule has 0 fully saturated rings. The number of nitrogens with one attached hydrogen (secondary N) is 1. The van der Waals surface area contributed by atoms with Crippen molar-refractivity contribution in [1.29, 1.82) is 0 Å². The zero-order valence-electron chi connectivity index (χ0n) is 11.1. The maximum absolute atomic E-state index is 4.54. The average molecular weight is 261 g/mol. The number of aromatic amines is 1. The summed E-state index contributed by atoms with van der Waals surface area (Å²) in [4.78, 5) is 10.1. The zero-order valence-corrected chi connectivity index (χ0v) is 11.1. The molecule has 1 aliphatic rings. The topological polar surface area (TPSA) is 31.9 Å². The number of benzene rings is 1. The zero-order chi connectivity index (χ0) is 13.4. The summed E-state index contributed by atoms with van der Waals surface area (Å²) in [5.41, 5.74) is 4.98. The number of nitrogens with zero attached hydrogens (tertiary/aromatic N) is 2. The van der Waals surface area contributed by atoms with E-state index in [1.165, 1.54) is 16.8 Å². The van der Waals surface area contributed by atoms with E-state index in [-0.39, 0.29) is 0 Å². The number of aromatic nitrogens is 2. The number of anilines is 2. The monoisotopic (exact) mass is 261 g/mol. The van der Waals surface area contributed by atoms with E-state index >= 15 is 0 Å². The molecule has 0 bridgehead atoms. The van der Waals surface area contributed by atoms with Gasteiger partial charge in [0, 0.05) is 35.9 Å². The van der Waals surface area contributed by atoms with E-state index in [4.69, 9.17) is 0 Å². The summed E-state index contributed by atoms with van der Waals surface area (Å²) in [7, 11) is 0. The minimum Gasteiger partial charge on any atom is -0.361 e. The van der Waals surface area contributed by atoms with E-state index in [9.17, 15) is 0 Å². The van der Waals surface area contributed by atoms with Crippen molar-refractivity contribution in [2.75, 3.05) is 11.4 Å². The van der Waals surface area contributed by atoms with Crippen LogP contribution in [-0.4, -0.2) is 16.5 Å². The standard InChI is InChI=1S/C17H15N3/c1-2-6-16-13(4-1)8-11-20(16)17-12-14(7-10-19-17)15-5-3-9-18-15/h1-7,9-10,12,18H,8,11H2. The average Bonchev–Trinajstić information content (AvgIpc) is 3.17. The van der Waals surface area contributed by atoms with Crippen LogP contribution in [0.5, 0.6) is 0 Å². The number of hydrogen-bond donors (Lipinski definition) is 1. The molecule has 4 rings (SSSR count). The molecule has 3 aromatic rings. The molecule has 20 heavy (non-hydrogen) atoms. The van der Waals surface area contributed by atoms with Gasteiger partial charge in [-0.15, -0.1) is 0 Å². The lowest BCUT2D eigenvalue weighted by Gasteiger charge is -2.18. The van der Waals surface area contributed by atoms with Gasteiger partial charge in [-0.25, -0.2) is 4.98 Å². The maximum atomic E-state index is 4.54. The van der Waals surface area contributed by atoms with Gasteiger partial charge >= 0.3 is 0 Å². The Morgan fingerprint density at radius 3 is 2.90 bits per heavy atom. The Balaban J connectivity index is 1.76. The lowest BCUT2D eigenvalue weighted by Crippen LogP contribution is -2.14. The SMILES string of the molecule is c1c[nH]c(-c2ccnc(N3CCc4ccccc43)c2)c1. The number of fused-ring (bicyclic) bond motifs is 1. The van der Waals surface area contributed by atoms with E-state index in [0.29, 0.717) is 0 Å². The van der Waals surface area contributed by atoms with Crippen molar-refractivity contribution in [2.24, 2.45) is 0 Å². The van der Waals surface area contributed by atoms with Crippen LogP contribution in [0.15, 0.2) is 60.9 Å². The van der Waals surface area contributed by atoms with Crippen LogP contribution >= 0.6 is 0 Å². The second-order valence-corrected chi connectivity index (χ2v) is 5.02. The highest BCUT2D eigenvalue weighted by molar-refractivity contribution is 5.71. The van der Waals surface area contributed by atoms with Crippen LogP contribution in [0.4, 0.5) is 11.5 Å². The highest BCUT2D eigenvalue weighted by atomic mass is 15.2. The highest BCUT2D eigenvalue weighted by Crippen LogP contribution is 2.34. The van der Waals surface area contributed by atoms with Crippen LogP contribution in [0.1, 0.15) is 5.56 Å². The molecule has 1 N–H and O–H groups in total. The Labute approximate surface area is 117 Å². The number of hydrogen-bond acceptors (Lipinski definition) is 2. The van der Waals surface area contributed by atoms with Crippen molar-refractivity contribution >= 4 is 11.5 Å². The van der Waals surface area contributed by atoms with Gasteiger partial charge < -0.3 is 9.88 Å². The predicted octanol–water partition coefficient (Wildman–Crippen LogP) is 3.77. The lowest BCUT2D eigenvalue weighted by molar-refractivity contribution is 0.974. The summed E-state index contributed by atoms with van der Waals surface area (Å²) >= 11 is 0. The summed E-state index contributed by atoms with van der Waals surface area (Å²) in [6.45, 7) is 1.00. The lowest BCUT2D eigenvalue weighted by atomic mass is 10.2. The molecule has 0 saturated carbocycles. The number of para-hydroxylation sites is 1. The smallest absolute Gasteiger partial charge is 0.133 e. The van der Waals surface area contributed by atoms with Crippen LogP contribution in [0, 0.1) is 0 Å². The number of pyridine rings is 1. The molecule has 3 heterocycles. The van der Waals surface area contributed by atoms with E-state index in [1.54, 1.807) is 0 Å². The number of H-pyrrole nitrogens is 1. The molecule has 0 spiro atoms. The summed E-state index contributed by atoms with van der Waals surface area (Å²) < 4.78 is 0. The van der Waals surface area contributed by atoms with E-state index in [2.05, 4.69) is 51.3 Å². The molecular formula is C17H15N3. The molecule has 98 valence electrons. The first-order valence-electron chi connectivity index (χ1n) is 6.87. The first-order valence-corrected chi connectivity index (χ1v) is 6.87. The molecule has 0 unspecified atom stereocenters. The Bertz CT molecular complexity index is 732. The molecule has 1 aliphatic heterocycles. The molecule has 0 atom stereocenters. The van der Waals surface area contributed by atoms with Gasteiger partial charge in [-0.1, -0.05) is 18.2 Å². The summed E-state index contributed by atoms with van der Waals surface area (Å²) in [5, 5.41) is 0. The molecule has 1 aromatic carbocycles. The van der Waals surface area contributed by atoms with Gasteiger partial charge in [-0.3, -0.25) is 0 Å². The van der Waals surface area contributed by atoms with Gasteiger partial charge in [-0.05, 0) is 42.3 Å². The van der Waals surface area contributed by atoms with E-state index in [0.717, 1.165) is 24.5 Å². The third-order valence-corrected chi connectivity index (χ3v) is 3.82. The summed E-state index contributed by atoms with van der Waals surface area (Å²) in [6.07, 6.45) is 4.91. The van der Waals surface area contributed by atoms with Crippen molar-refractivity contribution in [2.45, 2.75) is 6.42 Å². The van der Waals surface area contributed by atoms with Crippen LogP contribution in [0.2, 0.25) is 0 Å². The van der Waals surface area contributed by atoms with Crippen molar-refractivity contribution in [3.63, 3.8) is 0 Å². The molecule has 2 aromatic heterocycles. The third-order valence-electron chi connectivity index (χ3n) is 3.82. The van der Waals surface area contributed by atoms with E-state index in [1.807, 2.05) is 24.5 Å². The fraction of sp³-hybridized carbons (Fsp3) is 0.118. The van der Waals surface area contributed by atoms with Crippen molar-refractivity contribution in [3.05, 3.63) is 66.5 Å². The Morgan fingerprint density at radius 1 is 1.05 bits per heavy atom. The van der Waals surface area contributed by atoms with Crippen LogP contribution < -0.4 is 4.90 Å². The van der Waals surface area contributed by atoms with Crippen LogP contribution in [-0.2, 0) is 6.42 Å². The molecule has 0 radical (unpaired) electrons. The van der Waals surface area contributed by atoms with Crippen LogP contribution in [0.3, 0.4) is 0 Å². The molecule has 0 aliphatic carbocycles. The molecule has 3 heteroatoms. The van der Waals surface area contributed by atoms with Crippen LogP contribution in [0.25, 0.3) is 11.3 Å². The number of rotatable bonds is 2. The Kier molecular flexibility index (Phi) is 2.56. The molecule has 3 nitrogen and oxygen atoms in total. The highest BCUT2D eigenvalue weighted by Gasteiger charge is 2.20. The molecule has 0 amide bonds.